The van der Waals surface area contributed by atoms with Crippen LogP contribution in [-0.4, -0.2) is 87.2 Å². The van der Waals surface area contributed by atoms with Crippen molar-refractivity contribution in [2.75, 3.05) is 53.9 Å². The number of ether oxygens (including phenoxy) is 1. The summed E-state index contributed by atoms with van der Waals surface area (Å²) in [6.45, 7) is 4.52. The minimum atomic E-state index is -2.80. The lowest BCUT2D eigenvalue weighted by atomic mass is 10.2. The molecule has 1 aromatic carbocycles. The fourth-order valence-corrected chi connectivity index (χ4v) is 3.09. The molecule has 0 bridgehead atoms. The number of nitrogens with one attached hydrogen (secondary N) is 1. The van der Waals surface area contributed by atoms with Crippen LogP contribution in [0.15, 0.2) is 29.3 Å². The van der Waals surface area contributed by atoms with Crippen LogP contribution in [0.25, 0.3) is 0 Å². The average molecular weight is 383 g/mol. The molecule has 27 heavy (non-hydrogen) atoms. The van der Waals surface area contributed by atoms with Gasteiger partial charge in [0.1, 0.15) is 5.75 Å². The number of halogens is 2. The highest BCUT2D eigenvalue weighted by Gasteiger charge is 2.22. The molecular formula is C19H31F2N5O. The van der Waals surface area contributed by atoms with Gasteiger partial charge in [-0.15, -0.1) is 0 Å². The van der Waals surface area contributed by atoms with Crippen molar-refractivity contribution in [3.8, 4) is 5.75 Å². The molecule has 1 aliphatic heterocycles. The number of hydrogen-bond donors (Lipinski definition) is 1. The predicted octanol–water partition coefficient (Wildman–Crippen LogP) is 1.93. The maximum absolute atomic E-state index is 12.3. The summed E-state index contributed by atoms with van der Waals surface area (Å²) in [4.78, 5) is 11.5. The van der Waals surface area contributed by atoms with Gasteiger partial charge in [0.15, 0.2) is 5.96 Å². The molecular weight excluding hydrogens is 352 g/mol. The zero-order chi connectivity index (χ0) is 19.8. The molecule has 0 radical (unpaired) electrons. The Morgan fingerprint density at radius 3 is 2.63 bits per heavy atom. The van der Waals surface area contributed by atoms with Gasteiger partial charge in [0.05, 0.1) is 6.54 Å². The monoisotopic (exact) mass is 383 g/mol. The molecule has 1 aromatic rings. The van der Waals surface area contributed by atoms with Crippen molar-refractivity contribution in [2.24, 2.45) is 4.99 Å². The Bertz CT molecular complexity index is 596. The molecule has 1 saturated heterocycles. The Hall–Kier alpha value is -1.93. The van der Waals surface area contributed by atoms with Crippen molar-refractivity contribution < 1.29 is 13.5 Å². The van der Waals surface area contributed by atoms with Crippen molar-refractivity contribution in [3.63, 3.8) is 0 Å². The van der Waals surface area contributed by atoms with E-state index in [9.17, 15) is 8.78 Å². The number of nitrogens with zero attached hydrogens (tertiary/aromatic N) is 4. The summed E-state index contributed by atoms with van der Waals surface area (Å²) in [5, 5.41) is 3.33. The maximum atomic E-state index is 12.3. The van der Waals surface area contributed by atoms with E-state index in [0.29, 0.717) is 12.6 Å². The van der Waals surface area contributed by atoms with Gasteiger partial charge in [0.25, 0.3) is 0 Å². The molecule has 1 atom stereocenters. The van der Waals surface area contributed by atoms with Gasteiger partial charge < -0.3 is 19.9 Å². The molecule has 2 rings (SSSR count). The minimum Gasteiger partial charge on any atom is -0.435 e. The molecule has 1 N–H and O–H groups in total. The third-order valence-electron chi connectivity index (χ3n) is 4.70. The normalized spacial score (nSPS) is 19.4. The van der Waals surface area contributed by atoms with E-state index in [0.717, 1.165) is 44.2 Å². The van der Waals surface area contributed by atoms with Crippen LogP contribution >= 0.6 is 0 Å². The van der Waals surface area contributed by atoms with Crippen molar-refractivity contribution >= 4 is 5.96 Å². The molecule has 0 amide bonds. The standard InChI is InChI=1S/C19H31F2N5O/c1-5-22-19(23-12-16-14-24(2)10-11-25(16)3)26(4)13-15-6-8-17(9-7-15)27-18(20)21/h6-9,16,18H,5,10-14H2,1-4H3,(H,22,23). The summed E-state index contributed by atoms with van der Waals surface area (Å²) in [7, 11) is 6.26. The van der Waals surface area contributed by atoms with Gasteiger partial charge in [0.2, 0.25) is 0 Å². The van der Waals surface area contributed by atoms with Crippen LogP contribution in [0.5, 0.6) is 5.75 Å². The highest BCUT2D eigenvalue weighted by molar-refractivity contribution is 5.79. The van der Waals surface area contributed by atoms with Gasteiger partial charge in [0, 0.05) is 45.8 Å². The smallest absolute Gasteiger partial charge is 0.387 e. The zero-order valence-corrected chi connectivity index (χ0v) is 16.7. The Balaban J connectivity index is 1.97. The van der Waals surface area contributed by atoms with Crippen LogP contribution in [0, 0.1) is 0 Å². The minimum absolute atomic E-state index is 0.168. The van der Waals surface area contributed by atoms with Crippen molar-refractivity contribution in [3.05, 3.63) is 29.8 Å². The Morgan fingerprint density at radius 1 is 1.30 bits per heavy atom. The summed E-state index contributed by atoms with van der Waals surface area (Å²) >= 11 is 0. The molecule has 6 nitrogen and oxygen atoms in total. The lowest BCUT2D eigenvalue weighted by molar-refractivity contribution is -0.0498. The lowest BCUT2D eigenvalue weighted by Crippen LogP contribution is -2.51. The van der Waals surface area contributed by atoms with Crippen LogP contribution in [0.2, 0.25) is 0 Å². The molecule has 8 heteroatoms. The van der Waals surface area contributed by atoms with Crippen molar-refractivity contribution in [2.45, 2.75) is 26.1 Å². The summed E-state index contributed by atoms with van der Waals surface area (Å²) in [6.07, 6.45) is 0. The van der Waals surface area contributed by atoms with Gasteiger partial charge in [-0.25, -0.2) is 0 Å². The summed E-state index contributed by atoms with van der Waals surface area (Å²) in [5.41, 5.74) is 0.999. The largest absolute Gasteiger partial charge is 0.435 e. The number of guanidine groups is 1. The molecule has 1 fully saturated rings. The van der Waals surface area contributed by atoms with Crippen LogP contribution in [0.3, 0.4) is 0 Å². The molecule has 1 aliphatic rings. The SMILES string of the molecule is CCNC(=NCC1CN(C)CCN1C)N(C)Cc1ccc(OC(F)F)cc1. The number of rotatable bonds is 7. The first-order valence-electron chi connectivity index (χ1n) is 9.31. The number of alkyl halides is 2. The van der Waals surface area contributed by atoms with Crippen molar-refractivity contribution in [1.82, 2.24) is 20.0 Å². The quantitative estimate of drug-likeness (QED) is 0.576. The van der Waals surface area contributed by atoms with E-state index in [4.69, 9.17) is 4.99 Å². The average Bonchev–Trinajstić information content (AvgIpc) is 2.62. The third kappa shape index (κ3) is 6.95. The zero-order valence-electron chi connectivity index (χ0n) is 16.7. The highest BCUT2D eigenvalue weighted by Crippen LogP contribution is 2.16. The van der Waals surface area contributed by atoms with Crippen molar-refractivity contribution in [1.29, 1.82) is 0 Å². The van der Waals surface area contributed by atoms with E-state index in [1.54, 1.807) is 24.3 Å². The number of hydrogen-bond acceptors (Lipinski definition) is 4. The van der Waals surface area contributed by atoms with Crippen LogP contribution in [0.1, 0.15) is 12.5 Å². The topological polar surface area (TPSA) is 43.3 Å². The molecule has 1 unspecified atom stereocenters. The van der Waals surface area contributed by atoms with Gasteiger partial charge in [-0.05, 0) is 38.7 Å². The molecule has 1 heterocycles. The Labute approximate surface area is 160 Å². The maximum Gasteiger partial charge on any atom is 0.387 e. The van der Waals surface area contributed by atoms with E-state index in [1.807, 2.05) is 18.9 Å². The first-order valence-corrected chi connectivity index (χ1v) is 9.31. The first kappa shape index (κ1) is 21.4. The summed E-state index contributed by atoms with van der Waals surface area (Å²) < 4.78 is 28.9. The number of benzene rings is 1. The Kier molecular flexibility index (Phi) is 8.24. The molecule has 152 valence electrons. The number of likely N-dealkylation sites (N-methyl/N-ethyl adjacent to an activating group) is 2. The number of piperazine rings is 1. The van der Waals surface area contributed by atoms with Crippen LogP contribution in [0.4, 0.5) is 8.78 Å². The van der Waals surface area contributed by atoms with Gasteiger partial charge in [-0.2, -0.15) is 8.78 Å². The van der Waals surface area contributed by atoms with Gasteiger partial charge in [-0.1, -0.05) is 12.1 Å². The second kappa shape index (κ2) is 10.4. The third-order valence-corrected chi connectivity index (χ3v) is 4.70. The molecule has 0 aliphatic carbocycles. The van der Waals surface area contributed by atoms with E-state index in [-0.39, 0.29) is 5.75 Å². The fraction of sp³-hybridized carbons (Fsp3) is 0.632. The van der Waals surface area contributed by atoms with E-state index >= 15 is 0 Å². The van der Waals surface area contributed by atoms with Crippen LogP contribution in [-0.2, 0) is 6.54 Å². The fourth-order valence-electron chi connectivity index (χ4n) is 3.09. The predicted molar refractivity (Wildman–Crippen MR) is 104 cm³/mol. The summed E-state index contributed by atoms with van der Waals surface area (Å²) in [6, 6.07) is 7.11. The summed E-state index contributed by atoms with van der Waals surface area (Å²) in [5.74, 6) is 1.01. The van der Waals surface area contributed by atoms with Gasteiger partial charge >= 0.3 is 6.61 Å². The molecule has 0 spiro atoms. The highest BCUT2D eigenvalue weighted by atomic mass is 19.3. The second-order valence-corrected chi connectivity index (χ2v) is 6.97. The second-order valence-electron chi connectivity index (χ2n) is 6.97. The van der Waals surface area contributed by atoms with E-state index in [1.165, 1.54) is 0 Å². The van der Waals surface area contributed by atoms with Gasteiger partial charge in [-0.3, -0.25) is 9.89 Å². The lowest BCUT2D eigenvalue weighted by Gasteiger charge is -2.37. The van der Waals surface area contributed by atoms with E-state index < -0.39 is 6.61 Å². The Morgan fingerprint density at radius 2 is 2.00 bits per heavy atom. The van der Waals surface area contributed by atoms with Crippen LogP contribution < -0.4 is 10.1 Å². The first-order chi connectivity index (χ1) is 12.9. The molecule has 0 saturated carbocycles. The van der Waals surface area contributed by atoms with E-state index in [2.05, 4.69) is 33.9 Å². The molecule has 0 aromatic heterocycles. The number of aliphatic imine (C=N–C) groups is 1.